The molecule has 4 N–H and O–H groups in total. The number of halogens is 1. The molecule has 1 rings (SSSR count). The van der Waals surface area contributed by atoms with E-state index in [9.17, 15) is 0 Å². The van der Waals surface area contributed by atoms with Gasteiger partial charge in [-0.15, -0.1) is 0 Å². The molecule has 0 heterocycles. The minimum Gasteiger partial charge on any atom is -0.375 e. The molecule has 0 saturated heterocycles. The molecule has 0 atom stereocenters. The molecule has 0 aliphatic heterocycles. The molecule has 0 aliphatic carbocycles. The molecule has 1 aromatic rings. The average molecular weight is 287 g/mol. The van der Waals surface area contributed by atoms with Crippen molar-refractivity contribution in [3.8, 4) is 0 Å². The second kappa shape index (κ2) is 6.48. The second-order valence-electron chi connectivity index (χ2n) is 3.13. The predicted octanol–water partition coefficient (Wildman–Crippen LogP) is 2.29. The number of nitrogens with zero attached hydrogens (tertiary/aromatic N) is 1. The molecular weight excluding hydrogens is 276 g/mol. The molecule has 0 radical (unpaired) electrons. The van der Waals surface area contributed by atoms with Crippen molar-refractivity contribution in [1.82, 2.24) is 5.43 Å². The number of anilines is 1. The largest absolute Gasteiger partial charge is 0.375 e. The Labute approximate surface area is 115 Å². The van der Waals surface area contributed by atoms with E-state index < -0.39 is 0 Å². The lowest BCUT2D eigenvalue weighted by Gasteiger charge is -2.07. The zero-order chi connectivity index (χ0) is 12.8. The zero-order valence-electron chi connectivity index (χ0n) is 9.03. The summed E-state index contributed by atoms with van der Waals surface area (Å²) in [7, 11) is 0. The van der Waals surface area contributed by atoms with Crippen LogP contribution in [0.15, 0.2) is 29.4 Å². The van der Waals surface area contributed by atoms with Crippen LogP contribution < -0.4 is 16.5 Å². The number of benzene rings is 1. The normalized spacial score (nSPS) is 10.8. The van der Waals surface area contributed by atoms with Gasteiger partial charge < -0.3 is 11.1 Å². The quantitative estimate of drug-likeness (QED) is 0.452. The maximum Gasteiger partial charge on any atom is 0.184 e. The summed E-state index contributed by atoms with van der Waals surface area (Å²) >= 11 is 15.5. The molecule has 0 amide bonds. The molecular formula is C10H11ClN4S2. The number of hydrogen-bond donors (Lipinski definition) is 3. The Kier molecular flexibility index (Phi) is 5.27. The van der Waals surface area contributed by atoms with Crippen molar-refractivity contribution >= 4 is 57.5 Å². The minimum absolute atomic E-state index is 0.0960. The van der Waals surface area contributed by atoms with E-state index in [1.807, 2.05) is 12.1 Å². The van der Waals surface area contributed by atoms with Gasteiger partial charge in [-0.25, -0.2) is 0 Å². The molecule has 0 aromatic heterocycles. The first-order valence-corrected chi connectivity index (χ1v) is 5.85. The van der Waals surface area contributed by atoms with Gasteiger partial charge in [-0.05, 0) is 43.4 Å². The number of nitrogens with two attached hydrogens (primary N) is 1. The summed E-state index contributed by atoms with van der Waals surface area (Å²) in [6, 6.07) is 7.18. The molecule has 1 aromatic carbocycles. The predicted molar refractivity (Wildman–Crippen MR) is 80.7 cm³/mol. The van der Waals surface area contributed by atoms with Crippen molar-refractivity contribution in [2.24, 2.45) is 10.8 Å². The van der Waals surface area contributed by atoms with Gasteiger partial charge in [0.05, 0.1) is 5.71 Å². The summed E-state index contributed by atoms with van der Waals surface area (Å²) in [5.74, 6) is 0. The molecule has 7 heteroatoms. The van der Waals surface area contributed by atoms with Crippen LogP contribution in [0.25, 0.3) is 0 Å². The summed E-state index contributed by atoms with van der Waals surface area (Å²) in [6.07, 6.45) is 0. The number of hydrazone groups is 1. The molecule has 0 saturated carbocycles. The molecule has 0 aliphatic rings. The van der Waals surface area contributed by atoms with Crippen molar-refractivity contribution < 1.29 is 0 Å². The van der Waals surface area contributed by atoms with Crippen LogP contribution in [-0.2, 0) is 0 Å². The third kappa shape index (κ3) is 5.08. The van der Waals surface area contributed by atoms with Crippen LogP contribution in [0.1, 0.15) is 6.92 Å². The van der Waals surface area contributed by atoms with Crippen LogP contribution in [-0.4, -0.2) is 15.8 Å². The SMILES string of the molecule is CC(=NNC(N)=S)C(=S)Nc1ccc(Cl)cc1. The van der Waals surface area contributed by atoms with Crippen molar-refractivity contribution in [2.45, 2.75) is 6.92 Å². The summed E-state index contributed by atoms with van der Waals surface area (Å²) < 4.78 is 0. The first-order valence-electron chi connectivity index (χ1n) is 4.65. The Morgan fingerprint density at radius 1 is 1.29 bits per heavy atom. The van der Waals surface area contributed by atoms with Crippen molar-refractivity contribution in [3.05, 3.63) is 29.3 Å². The van der Waals surface area contributed by atoms with Crippen LogP contribution in [0.2, 0.25) is 5.02 Å². The van der Waals surface area contributed by atoms with E-state index in [-0.39, 0.29) is 5.11 Å². The highest BCUT2D eigenvalue weighted by molar-refractivity contribution is 7.82. The highest BCUT2D eigenvalue weighted by Gasteiger charge is 2.02. The number of thiocarbonyl (C=S) groups is 2. The van der Waals surface area contributed by atoms with E-state index in [0.717, 1.165) is 5.69 Å². The molecule has 4 nitrogen and oxygen atoms in total. The number of rotatable bonds is 3. The molecule has 0 spiro atoms. The Hall–Kier alpha value is -1.24. The van der Waals surface area contributed by atoms with E-state index in [2.05, 4.69) is 28.1 Å². The second-order valence-corrected chi connectivity index (χ2v) is 4.42. The van der Waals surface area contributed by atoms with Gasteiger partial charge in [-0.3, -0.25) is 5.43 Å². The standard InChI is InChI=1S/C10H11ClN4S2/c1-6(14-15-10(12)17)9(16)13-8-4-2-7(11)3-5-8/h2-5H,1H3,(H,13,16)(H3,12,15,17). The fraction of sp³-hybridized carbons (Fsp3) is 0.100. The van der Waals surface area contributed by atoms with Crippen molar-refractivity contribution in [2.75, 3.05) is 5.32 Å². The third-order valence-corrected chi connectivity index (χ3v) is 2.51. The fourth-order valence-corrected chi connectivity index (χ4v) is 1.28. The van der Waals surface area contributed by atoms with Crippen LogP contribution in [0.3, 0.4) is 0 Å². The Balaban J connectivity index is 2.63. The molecule has 90 valence electrons. The number of nitrogens with one attached hydrogen (secondary N) is 2. The van der Waals surface area contributed by atoms with E-state index in [1.54, 1.807) is 19.1 Å². The first-order chi connectivity index (χ1) is 7.99. The highest BCUT2D eigenvalue weighted by Crippen LogP contribution is 2.13. The summed E-state index contributed by atoms with van der Waals surface area (Å²) in [5, 5.41) is 7.68. The van der Waals surface area contributed by atoms with Gasteiger partial charge in [-0.2, -0.15) is 5.10 Å². The Bertz CT molecular complexity index is 456. The van der Waals surface area contributed by atoms with Gasteiger partial charge in [0.2, 0.25) is 0 Å². The van der Waals surface area contributed by atoms with E-state index >= 15 is 0 Å². The van der Waals surface area contributed by atoms with Gasteiger partial charge in [0, 0.05) is 10.7 Å². The topological polar surface area (TPSA) is 62.4 Å². The highest BCUT2D eigenvalue weighted by atomic mass is 35.5. The Morgan fingerprint density at radius 2 is 1.88 bits per heavy atom. The van der Waals surface area contributed by atoms with Crippen LogP contribution >= 0.6 is 36.0 Å². The Morgan fingerprint density at radius 3 is 2.41 bits per heavy atom. The van der Waals surface area contributed by atoms with Gasteiger partial charge in [0.1, 0.15) is 4.99 Å². The minimum atomic E-state index is 0.0960. The van der Waals surface area contributed by atoms with Gasteiger partial charge in [0.25, 0.3) is 0 Å². The maximum atomic E-state index is 5.77. The summed E-state index contributed by atoms with van der Waals surface area (Å²) in [4.78, 5) is 0.482. The molecule has 0 bridgehead atoms. The maximum absolute atomic E-state index is 5.77. The van der Waals surface area contributed by atoms with E-state index in [1.165, 1.54) is 0 Å². The lowest BCUT2D eigenvalue weighted by atomic mass is 10.3. The van der Waals surface area contributed by atoms with Gasteiger partial charge in [-0.1, -0.05) is 23.8 Å². The van der Waals surface area contributed by atoms with Gasteiger partial charge >= 0.3 is 0 Å². The average Bonchev–Trinajstić information content (AvgIpc) is 2.28. The number of hydrogen-bond acceptors (Lipinski definition) is 3. The zero-order valence-corrected chi connectivity index (χ0v) is 11.4. The van der Waals surface area contributed by atoms with Crippen molar-refractivity contribution in [3.63, 3.8) is 0 Å². The van der Waals surface area contributed by atoms with Gasteiger partial charge in [0.15, 0.2) is 5.11 Å². The van der Waals surface area contributed by atoms with Crippen molar-refractivity contribution in [1.29, 1.82) is 0 Å². The molecule has 17 heavy (non-hydrogen) atoms. The van der Waals surface area contributed by atoms with Crippen LogP contribution in [0.5, 0.6) is 0 Å². The summed E-state index contributed by atoms with van der Waals surface area (Å²) in [5.41, 5.74) is 9.14. The molecule has 0 fully saturated rings. The van der Waals surface area contributed by atoms with Crippen LogP contribution in [0, 0.1) is 0 Å². The smallest absolute Gasteiger partial charge is 0.184 e. The fourth-order valence-electron chi connectivity index (χ4n) is 0.944. The summed E-state index contributed by atoms with van der Waals surface area (Å²) in [6.45, 7) is 1.75. The van der Waals surface area contributed by atoms with Crippen LogP contribution in [0.4, 0.5) is 5.69 Å². The molecule has 0 unspecified atom stereocenters. The monoisotopic (exact) mass is 286 g/mol. The first kappa shape index (κ1) is 13.8. The lowest BCUT2D eigenvalue weighted by molar-refractivity contribution is 1.03. The lowest BCUT2D eigenvalue weighted by Crippen LogP contribution is -2.28. The van der Waals surface area contributed by atoms with E-state index in [0.29, 0.717) is 15.7 Å². The third-order valence-electron chi connectivity index (χ3n) is 1.76. The van der Waals surface area contributed by atoms with E-state index in [4.69, 9.17) is 29.6 Å².